The molecule has 1 aromatic carbocycles. The van der Waals surface area contributed by atoms with Gasteiger partial charge in [0.05, 0.1) is 6.54 Å². The standard InChI is InChI=1S/C25H36FN3O2/c1-19(2)29(17-21-9-6-10-22(26)16-21)18-23-11-12-24(31-23)25(30)27-13-7-15-28-14-5-4-8-20(28)3/h6,9-12,16,19-20H,4-5,7-8,13-15,17-18H2,1-3H3,(H,27,30)/t20-/m0/s1. The first-order valence-corrected chi connectivity index (χ1v) is 11.5. The molecular formula is C25H36FN3O2. The number of carbonyl (C=O) groups excluding carboxylic acids is 1. The number of hydrogen-bond donors (Lipinski definition) is 1. The fourth-order valence-electron chi connectivity index (χ4n) is 4.14. The number of likely N-dealkylation sites (tertiary alicyclic amines) is 1. The minimum absolute atomic E-state index is 0.167. The lowest BCUT2D eigenvalue weighted by Gasteiger charge is -2.33. The number of amides is 1. The summed E-state index contributed by atoms with van der Waals surface area (Å²) < 4.78 is 19.3. The molecule has 0 unspecified atom stereocenters. The zero-order valence-electron chi connectivity index (χ0n) is 19.1. The van der Waals surface area contributed by atoms with Crippen LogP contribution in [0.1, 0.15) is 68.3 Å². The Labute approximate surface area is 185 Å². The lowest BCUT2D eigenvalue weighted by Crippen LogP contribution is -2.39. The minimum Gasteiger partial charge on any atom is -0.455 e. The Morgan fingerprint density at radius 3 is 2.84 bits per heavy atom. The summed E-state index contributed by atoms with van der Waals surface area (Å²) in [6.45, 7) is 10.5. The Bertz CT molecular complexity index is 836. The molecule has 3 rings (SSSR count). The van der Waals surface area contributed by atoms with Crippen molar-refractivity contribution in [3.05, 3.63) is 59.3 Å². The molecule has 6 heteroatoms. The number of rotatable bonds is 10. The van der Waals surface area contributed by atoms with Gasteiger partial charge in [-0.1, -0.05) is 18.6 Å². The first-order valence-electron chi connectivity index (χ1n) is 11.5. The van der Waals surface area contributed by atoms with Gasteiger partial charge in [-0.05, 0) is 76.4 Å². The van der Waals surface area contributed by atoms with Crippen molar-refractivity contribution >= 4 is 5.91 Å². The molecule has 1 atom stereocenters. The summed E-state index contributed by atoms with van der Waals surface area (Å²) in [7, 11) is 0. The molecule has 0 saturated carbocycles. The second-order valence-electron chi connectivity index (χ2n) is 8.88. The molecular weight excluding hydrogens is 393 g/mol. The molecule has 2 aromatic rings. The molecule has 0 bridgehead atoms. The third-order valence-electron chi connectivity index (χ3n) is 6.10. The maximum absolute atomic E-state index is 13.5. The Morgan fingerprint density at radius 2 is 2.10 bits per heavy atom. The molecule has 0 spiro atoms. The highest BCUT2D eigenvalue weighted by molar-refractivity contribution is 5.91. The van der Waals surface area contributed by atoms with E-state index in [-0.39, 0.29) is 17.8 Å². The average Bonchev–Trinajstić information content (AvgIpc) is 3.20. The summed E-state index contributed by atoms with van der Waals surface area (Å²) in [6.07, 6.45) is 4.82. The second kappa shape index (κ2) is 11.4. The SMILES string of the molecule is CC(C)N(Cc1cccc(F)c1)Cc1ccc(C(=O)NCCCN2CCCC[C@@H]2C)o1. The smallest absolute Gasteiger partial charge is 0.286 e. The molecule has 1 N–H and O–H groups in total. The summed E-state index contributed by atoms with van der Waals surface area (Å²) in [4.78, 5) is 17.2. The molecule has 170 valence electrons. The number of furan rings is 1. The summed E-state index contributed by atoms with van der Waals surface area (Å²) in [6, 6.07) is 11.1. The van der Waals surface area contributed by atoms with Gasteiger partial charge in [0.25, 0.3) is 5.91 Å². The third-order valence-corrected chi connectivity index (χ3v) is 6.10. The van der Waals surface area contributed by atoms with Gasteiger partial charge in [-0.25, -0.2) is 4.39 Å². The van der Waals surface area contributed by atoms with E-state index in [1.807, 2.05) is 12.1 Å². The fraction of sp³-hybridized carbons (Fsp3) is 0.560. The van der Waals surface area contributed by atoms with E-state index in [4.69, 9.17) is 4.42 Å². The van der Waals surface area contributed by atoms with Crippen LogP contribution in [0.5, 0.6) is 0 Å². The van der Waals surface area contributed by atoms with Crippen molar-refractivity contribution in [3.8, 4) is 0 Å². The molecule has 1 fully saturated rings. The lowest BCUT2D eigenvalue weighted by molar-refractivity contribution is 0.0916. The first-order chi connectivity index (χ1) is 14.9. The lowest BCUT2D eigenvalue weighted by atomic mass is 10.0. The van der Waals surface area contributed by atoms with E-state index in [9.17, 15) is 9.18 Å². The van der Waals surface area contributed by atoms with Gasteiger partial charge in [-0.2, -0.15) is 0 Å². The number of piperidine rings is 1. The highest BCUT2D eigenvalue weighted by Crippen LogP contribution is 2.17. The van der Waals surface area contributed by atoms with Crippen LogP contribution in [0, 0.1) is 5.82 Å². The zero-order chi connectivity index (χ0) is 22.2. The van der Waals surface area contributed by atoms with Crippen molar-refractivity contribution in [1.29, 1.82) is 0 Å². The highest BCUT2D eigenvalue weighted by atomic mass is 19.1. The fourth-order valence-corrected chi connectivity index (χ4v) is 4.14. The topological polar surface area (TPSA) is 48.7 Å². The summed E-state index contributed by atoms with van der Waals surface area (Å²) >= 11 is 0. The van der Waals surface area contributed by atoms with Gasteiger partial charge < -0.3 is 14.6 Å². The number of nitrogens with one attached hydrogen (secondary N) is 1. The van der Waals surface area contributed by atoms with Gasteiger partial charge in [0.15, 0.2) is 5.76 Å². The van der Waals surface area contributed by atoms with Gasteiger partial charge >= 0.3 is 0 Å². The van der Waals surface area contributed by atoms with E-state index in [2.05, 4.69) is 35.9 Å². The van der Waals surface area contributed by atoms with Crippen LogP contribution in [0.4, 0.5) is 4.39 Å². The summed E-state index contributed by atoms with van der Waals surface area (Å²) in [5.74, 6) is 0.681. The molecule has 1 aromatic heterocycles. The number of carbonyl (C=O) groups is 1. The monoisotopic (exact) mass is 429 g/mol. The molecule has 1 amide bonds. The van der Waals surface area contributed by atoms with E-state index >= 15 is 0 Å². The van der Waals surface area contributed by atoms with Gasteiger partial charge in [-0.15, -0.1) is 0 Å². The van der Waals surface area contributed by atoms with Crippen LogP contribution in [0.15, 0.2) is 40.8 Å². The summed E-state index contributed by atoms with van der Waals surface area (Å²) in [5, 5.41) is 2.97. The molecule has 1 aliphatic heterocycles. The van der Waals surface area contributed by atoms with E-state index in [1.165, 1.54) is 31.9 Å². The van der Waals surface area contributed by atoms with Crippen molar-refractivity contribution in [3.63, 3.8) is 0 Å². The van der Waals surface area contributed by atoms with Crippen LogP contribution in [0.3, 0.4) is 0 Å². The van der Waals surface area contributed by atoms with Crippen LogP contribution < -0.4 is 5.32 Å². The van der Waals surface area contributed by atoms with Crippen LogP contribution >= 0.6 is 0 Å². The maximum Gasteiger partial charge on any atom is 0.286 e. The molecule has 5 nitrogen and oxygen atoms in total. The van der Waals surface area contributed by atoms with Gasteiger partial charge in [0.1, 0.15) is 11.6 Å². The van der Waals surface area contributed by atoms with Crippen molar-refractivity contribution in [2.24, 2.45) is 0 Å². The normalized spacial score (nSPS) is 17.4. The number of nitrogens with zero attached hydrogens (tertiary/aromatic N) is 2. The first kappa shape index (κ1) is 23.5. The molecule has 0 radical (unpaired) electrons. The quantitative estimate of drug-likeness (QED) is 0.550. The summed E-state index contributed by atoms with van der Waals surface area (Å²) in [5.41, 5.74) is 0.918. The van der Waals surface area contributed by atoms with Crippen molar-refractivity contribution in [1.82, 2.24) is 15.1 Å². The number of benzene rings is 1. The van der Waals surface area contributed by atoms with Crippen molar-refractivity contribution in [2.75, 3.05) is 19.6 Å². The molecule has 2 heterocycles. The zero-order valence-corrected chi connectivity index (χ0v) is 19.1. The molecule has 0 aliphatic carbocycles. The van der Waals surface area contributed by atoms with Crippen LogP contribution in [0.2, 0.25) is 0 Å². The van der Waals surface area contributed by atoms with Crippen LogP contribution in [-0.2, 0) is 13.1 Å². The maximum atomic E-state index is 13.5. The Kier molecular flexibility index (Phi) is 8.67. The van der Waals surface area contributed by atoms with Gasteiger partial charge in [0.2, 0.25) is 0 Å². The number of halogens is 1. The van der Waals surface area contributed by atoms with Crippen LogP contribution in [-0.4, -0.2) is 47.4 Å². The predicted octanol–water partition coefficient (Wildman–Crippen LogP) is 4.82. The molecule has 31 heavy (non-hydrogen) atoms. The second-order valence-corrected chi connectivity index (χ2v) is 8.88. The largest absolute Gasteiger partial charge is 0.455 e. The number of hydrogen-bond acceptors (Lipinski definition) is 4. The Hall–Kier alpha value is -2.18. The van der Waals surface area contributed by atoms with Crippen molar-refractivity contribution < 1.29 is 13.6 Å². The Morgan fingerprint density at radius 1 is 1.26 bits per heavy atom. The van der Waals surface area contributed by atoms with Crippen LogP contribution in [0.25, 0.3) is 0 Å². The van der Waals surface area contributed by atoms with Gasteiger partial charge in [0, 0.05) is 31.7 Å². The Balaban J connectivity index is 1.47. The van der Waals surface area contributed by atoms with Gasteiger partial charge in [-0.3, -0.25) is 9.69 Å². The molecule has 1 saturated heterocycles. The highest BCUT2D eigenvalue weighted by Gasteiger charge is 2.18. The average molecular weight is 430 g/mol. The molecule has 1 aliphatic rings. The van der Waals surface area contributed by atoms with E-state index in [0.717, 1.165) is 24.3 Å². The van der Waals surface area contributed by atoms with E-state index in [1.54, 1.807) is 18.2 Å². The van der Waals surface area contributed by atoms with Crippen molar-refractivity contribution in [2.45, 2.75) is 71.6 Å². The minimum atomic E-state index is -0.229. The third kappa shape index (κ3) is 7.18. The predicted molar refractivity (Wildman–Crippen MR) is 121 cm³/mol. The van der Waals surface area contributed by atoms with E-state index < -0.39 is 0 Å². The van der Waals surface area contributed by atoms with E-state index in [0.29, 0.717) is 31.4 Å².